The number of carboxylic acids is 1. The van der Waals surface area contributed by atoms with Crippen LogP contribution in [0.1, 0.15) is 84.2 Å². The molecule has 0 saturated carbocycles. The first kappa shape index (κ1) is 25.4. The zero-order valence-corrected chi connectivity index (χ0v) is 19.7. The van der Waals surface area contributed by atoms with Crippen molar-refractivity contribution in [3.8, 4) is 0 Å². The first-order chi connectivity index (χ1) is 13.5. The lowest BCUT2D eigenvalue weighted by atomic mass is 9.66. The van der Waals surface area contributed by atoms with Crippen LogP contribution in [0.3, 0.4) is 0 Å². The van der Waals surface area contributed by atoms with E-state index < -0.39 is 5.97 Å². The molecule has 164 valence electrons. The molecule has 0 fully saturated rings. The highest BCUT2D eigenvalue weighted by atomic mass is 16.4. The Morgan fingerprint density at radius 3 is 1.55 bits per heavy atom. The van der Waals surface area contributed by atoms with Gasteiger partial charge >= 0.3 is 5.97 Å². The second-order valence-corrected chi connectivity index (χ2v) is 9.81. The largest absolute Gasteiger partial charge is 0.481 e. The zero-order chi connectivity index (χ0) is 22.3. The Kier molecular flexibility index (Phi) is 10.1. The van der Waals surface area contributed by atoms with Crippen molar-refractivity contribution in [1.82, 2.24) is 0 Å². The monoisotopic (exact) mass is 402 g/mol. The number of benzene rings is 1. The molecule has 4 atom stereocenters. The fourth-order valence-electron chi connectivity index (χ4n) is 4.31. The number of rotatable bonds is 12. The highest BCUT2D eigenvalue weighted by Gasteiger charge is 2.32. The van der Waals surface area contributed by atoms with Gasteiger partial charge in [-0.1, -0.05) is 79.7 Å². The highest BCUT2D eigenvalue weighted by Crippen LogP contribution is 2.38. The van der Waals surface area contributed by atoms with Crippen LogP contribution in [-0.2, 0) is 11.2 Å². The Hall–Kier alpha value is -1.64. The van der Waals surface area contributed by atoms with Crippen molar-refractivity contribution in [2.75, 3.05) is 0 Å². The zero-order valence-electron chi connectivity index (χ0n) is 19.7. The molecule has 1 aromatic carbocycles. The van der Waals surface area contributed by atoms with Gasteiger partial charge in [-0.2, -0.15) is 0 Å². The van der Waals surface area contributed by atoms with Gasteiger partial charge in [-0.3, -0.25) is 9.59 Å². The number of carboxylic acid groups (broad SMARTS) is 1. The molecule has 3 heteroatoms. The molecular formula is C26H42O3. The fourth-order valence-corrected chi connectivity index (χ4v) is 4.31. The third-order valence-corrected chi connectivity index (χ3v) is 7.43. The Morgan fingerprint density at radius 1 is 0.724 bits per heavy atom. The van der Waals surface area contributed by atoms with Crippen LogP contribution >= 0.6 is 0 Å². The second kappa shape index (κ2) is 11.5. The molecule has 29 heavy (non-hydrogen) atoms. The maximum absolute atomic E-state index is 12.2. The topological polar surface area (TPSA) is 54.4 Å². The van der Waals surface area contributed by atoms with Crippen LogP contribution in [0.2, 0.25) is 0 Å². The van der Waals surface area contributed by atoms with Gasteiger partial charge in [0, 0.05) is 12.0 Å². The molecule has 0 heterocycles. The third kappa shape index (κ3) is 7.60. The normalized spacial score (nSPS) is 17.0. The molecule has 0 aliphatic heterocycles. The standard InChI is InChI=1S/C26H42O3/c1-16(2)18(5)20(7)24(21(8)19(6)17(3)4)15-22-9-11-23(12-10-22)25(27)13-14-26(28)29/h9-12,16-21,24H,13-15H2,1-8H3,(H,28,29). The molecule has 0 aliphatic carbocycles. The summed E-state index contributed by atoms with van der Waals surface area (Å²) in [6, 6.07) is 7.84. The number of Topliss-reactive ketones (excluding diaryl/α,β-unsaturated/α-hetero) is 1. The van der Waals surface area contributed by atoms with E-state index in [-0.39, 0.29) is 18.6 Å². The van der Waals surface area contributed by atoms with Gasteiger partial charge in [-0.15, -0.1) is 0 Å². The van der Waals surface area contributed by atoms with E-state index in [1.165, 1.54) is 5.56 Å². The Labute approximate surface area is 178 Å². The average molecular weight is 403 g/mol. The minimum Gasteiger partial charge on any atom is -0.481 e. The number of carbonyl (C=O) groups excluding carboxylic acids is 1. The number of carbonyl (C=O) groups is 2. The van der Waals surface area contributed by atoms with E-state index in [1.807, 2.05) is 12.1 Å². The lowest BCUT2D eigenvalue weighted by Gasteiger charge is -2.39. The maximum atomic E-state index is 12.2. The summed E-state index contributed by atoms with van der Waals surface area (Å²) < 4.78 is 0. The molecule has 0 spiro atoms. The lowest BCUT2D eigenvalue weighted by Crippen LogP contribution is -2.33. The van der Waals surface area contributed by atoms with Gasteiger partial charge < -0.3 is 5.11 Å². The van der Waals surface area contributed by atoms with E-state index in [4.69, 9.17) is 5.11 Å². The van der Waals surface area contributed by atoms with Crippen LogP contribution in [0.4, 0.5) is 0 Å². The predicted molar refractivity (Wildman–Crippen MR) is 121 cm³/mol. The minimum absolute atomic E-state index is 0.0587. The van der Waals surface area contributed by atoms with Crippen LogP contribution in [0.5, 0.6) is 0 Å². The van der Waals surface area contributed by atoms with Gasteiger partial charge in [0.2, 0.25) is 0 Å². The lowest BCUT2D eigenvalue weighted by molar-refractivity contribution is -0.136. The SMILES string of the molecule is CC(C)C(C)C(C)C(Cc1ccc(C(=O)CCC(=O)O)cc1)C(C)C(C)C(C)C. The molecule has 4 unspecified atom stereocenters. The summed E-state index contributed by atoms with van der Waals surface area (Å²) >= 11 is 0. The Morgan fingerprint density at radius 2 is 1.17 bits per heavy atom. The second-order valence-electron chi connectivity index (χ2n) is 9.81. The number of hydrogen-bond acceptors (Lipinski definition) is 2. The molecule has 1 rings (SSSR count). The summed E-state index contributed by atoms with van der Waals surface area (Å²) in [5, 5.41) is 8.77. The number of ketones is 1. The first-order valence-electron chi connectivity index (χ1n) is 11.3. The quantitative estimate of drug-likeness (QED) is 0.393. The molecule has 0 aliphatic rings. The summed E-state index contributed by atoms with van der Waals surface area (Å²) in [4.78, 5) is 22.9. The Balaban J connectivity index is 3.00. The summed E-state index contributed by atoms with van der Waals surface area (Å²) in [5.74, 6) is 3.40. The number of hydrogen-bond donors (Lipinski definition) is 1. The highest BCUT2D eigenvalue weighted by molar-refractivity contribution is 5.97. The number of aliphatic carboxylic acids is 1. The van der Waals surface area contributed by atoms with Crippen LogP contribution in [0.25, 0.3) is 0 Å². The van der Waals surface area contributed by atoms with Crippen LogP contribution < -0.4 is 0 Å². The van der Waals surface area contributed by atoms with Crippen molar-refractivity contribution in [3.63, 3.8) is 0 Å². The van der Waals surface area contributed by atoms with Gasteiger partial charge in [0.05, 0.1) is 6.42 Å². The van der Waals surface area contributed by atoms with Gasteiger partial charge in [-0.25, -0.2) is 0 Å². The summed E-state index contributed by atoms with van der Waals surface area (Å²) in [6.45, 7) is 18.8. The molecule has 0 radical (unpaired) electrons. The molecular weight excluding hydrogens is 360 g/mol. The molecule has 1 aromatic rings. The van der Waals surface area contributed by atoms with Gasteiger partial charge in [0.1, 0.15) is 0 Å². The van der Waals surface area contributed by atoms with Crippen molar-refractivity contribution < 1.29 is 14.7 Å². The van der Waals surface area contributed by atoms with E-state index in [9.17, 15) is 9.59 Å². The van der Waals surface area contributed by atoms with E-state index in [0.29, 0.717) is 47.0 Å². The molecule has 1 N–H and O–H groups in total. The summed E-state index contributed by atoms with van der Waals surface area (Å²) in [7, 11) is 0. The van der Waals surface area contributed by atoms with Crippen LogP contribution in [-0.4, -0.2) is 16.9 Å². The average Bonchev–Trinajstić information content (AvgIpc) is 2.68. The van der Waals surface area contributed by atoms with E-state index in [2.05, 4.69) is 67.5 Å². The Bertz CT molecular complexity index is 624. The van der Waals surface area contributed by atoms with Crippen molar-refractivity contribution in [2.45, 2.75) is 74.7 Å². The van der Waals surface area contributed by atoms with Crippen molar-refractivity contribution in [1.29, 1.82) is 0 Å². The predicted octanol–water partition coefficient (Wildman–Crippen LogP) is 6.75. The maximum Gasteiger partial charge on any atom is 0.303 e. The van der Waals surface area contributed by atoms with Crippen LogP contribution in [0, 0.1) is 41.4 Å². The van der Waals surface area contributed by atoms with Gasteiger partial charge in [0.25, 0.3) is 0 Å². The first-order valence-corrected chi connectivity index (χ1v) is 11.3. The van der Waals surface area contributed by atoms with Crippen LogP contribution in [0.15, 0.2) is 24.3 Å². The summed E-state index contributed by atoms with van der Waals surface area (Å²) in [6.07, 6.45) is 0.959. The van der Waals surface area contributed by atoms with E-state index in [1.54, 1.807) is 0 Å². The molecule has 3 nitrogen and oxygen atoms in total. The van der Waals surface area contributed by atoms with E-state index in [0.717, 1.165) is 6.42 Å². The molecule has 0 aromatic heterocycles. The van der Waals surface area contributed by atoms with Gasteiger partial charge in [0.15, 0.2) is 5.78 Å². The smallest absolute Gasteiger partial charge is 0.303 e. The minimum atomic E-state index is -0.931. The molecule has 0 bridgehead atoms. The van der Waals surface area contributed by atoms with Crippen molar-refractivity contribution in [2.24, 2.45) is 41.4 Å². The summed E-state index contributed by atoms with van der Waals surface area (Å²) in [5.41, 5.74) is 1.87. The van der Waals surface area contributed by atoms with Crippen molar-refractivity contribution >= 4 is 11.8 Å². The van der Waals surface area contributed by atoms with Gasteiger partial charge in [-0.05, 0) is 53.4 Å². The van der Waals surface area contributed by atoms with E-state index >= 15 is 0 Å². The molecule has 0 amide bonds. The molecule has 0 saturated heterocycles. The third-order valence-electron chi connectivity index (χ3n) is 7.43. The van der Waals surface area contributed by atoms with Crippen molar-refractivity contribution in [3.05, 3.63) is 35.4 Å². The fraction of sp³-hybridized carbons (Fsp3) is 0.692.